The Morgan fingerprint density at radius 1 is 1.18 bits per heavy atom. The van der Waals surface area contributed by atoms with E-state index in [-0.39, 0.29) is 17.8 Å². The SMILES string of the molecule is CC[C@@H](C)N(CC)C(=O)c1cccc(-c2ccc(F)cc2)n1. The molecule has 116 valence electrons. The summed E-state index contributed by atoms with van der Waals surface area (Å²) >= 11 is 0. The normalized spacial score (nSPS) is 12.0. The standard InChI is InChI=1S/C18H21FN2O/c1-4-13(3)21(5-2)18(22)17-8-6-7-16(20-17)14-9-11-15(19)12-10-14/h6-13H,4-5H2,1-3H3/t13-/m1/s1. The van der Waals surface area contributed by atoms with Crippen LogP contribution in [-0.2, 0) is 0 Å². The quantitative estimate of drug-likeness (QED) is 0.831. The Kier molecular flexibility index (Phi) is 5.26. The van der Waals surface area contributed by atoms with Crippen LogP contribution < -0.4 is 0 Å². The highest BCUT2D eigenvalue weighted by Gasteiger charge is 2.20. The molecule has 0 radical (unpaired) electrons. The molecular formula is C18H21FN2O. The Labute approximate surface area is 130 Å². The van der Waals surface area contributed by atoms with E-state index in [9.17, 15) is 9.18 Å². The van der Waals surface area contributed by atoms with Crippen LogP contribution in [0.2, 0.25) is 0 Å². The van der Waals surface area contributed by atoms with Gasteiger partial charge in [-0.15, -0.1) is 0 Å². The van der Waals surface area contributed by atoms with Crippen LogP contribution in [-0.4, -0.2) is 28.4 Å². The summed E-state index contributed by atoms with van der Waals surface area (Å²) in [6.45, 7) is 6.71. The first-order valence-corrected chi connectivity index (χ1v) is 7.60. The molecule has 0 aliphatic carbocycles. The number of carbonyl (C=O) groups is 1. The van der Waals surface area contributed by atoms with E-state index in [1.165, 1.54) is 12.1 Å². The van der Waals surface area contributed by atoms with Crippen LogP contribution in [0.3, 0.4) is 0 Å². The average molecular weight is 300 g/mol. The van der Waals surface area contributed by atoms with Gasteiger partial charge in [-0.2, -0.15) is 0 Å². The summed E-state index contributed by atoms with van der Waals surface area (Å²) in [5.74, 6) is -0.356. The molecule has 2 rings (SSSR count). The maximum absolute atomic E-state index is 13.0. The first-order valence-electron chi connectivity index (χ1n) is 7.60. The molecule has 0 spiro atoms. The van der Waals surface area contributed by atoms with Crippen molar-refractivity contribution in [2.75, 3.05) is 6.54 Å². The van der Waals surface area contributed by atoms with E-state index in [0.717, 1.165) is 12.0 Å². The number of pyridine rings is 1. The number of halogens is 1. The minimum absolute atomic E-state index is 0.0687. The van der Waals surface area contributed by atoms with Gasteiger partial charge in [0.2, 0.25) is 0 Å². The summed E-state index contributed by atoms with van der Waals surface area (Å²) in [5.41, 5.74) is 1.89. The van der Waals surface area contributed by atoms with Gasteiger partial charge >= 0.3 is 0 Å². The lowest BCUT2D eigenvalue weighted by Gasteiger charge is -2.27. The molecular weight excluding hydrogens is 279 g/mol. The number of carbonyl (C=O) groups excluding carboxylic acids is 1. The molecule has 1 aromatic heterocycles. The zero-order chi connectivity index (χ0) is 16.1. The van der Waals surface area contributed by atoms with E-state index in [1.54, 1.807) is 18.2 Å². The lowest BCUT2D eigenvalue weighted by atomic mass is 10.1. The first kappa shape index (κ1) is 16.1. The fourth-order valence-electron chi connectivity index (χ4n) is 2.36. The summed E-state index contributed by atoms with van der Waals surface area (Å²) in [7, 11) is 0. The highest BCUT2D eigenvalue weighted by molar-refractivity contribution is 5.93. The number of hydrogen-bond acceptors (Lipinski definition) is 2. The molecule has 0 aliphatic heterocycles. The molecule has 1 heterocycles. The van der Waals surface area contributed by atoms with Crippen molar-refractivity contribution in [2.24, 2.45) is 0 Å². The predicted molar refractivity (Wildman–Crippen MR) is 86.1 cm³/mol. The Morgan fingerprint density at radius 2 is 1.86 bits per heavy atom. The van der Waals surface area contributed by atoms with Crippen molar-refractivity contribution >= 4 is 5.91 Å². The van der Waals surface area contributed by atoms with Crippen LogP contribution in [0.15, 0.2) is 42.5 Å². The highest BCUT2D eigenvalue weighted by atomic mass is 19.1. The molecule has 0 N–H and O–H groups in total. The van der Waals surface area contributed by atoms with Gasteiger partial charge in [-0.1, -0.05) is 13.0 Å². The topological polar surface area (TPSA) is 33.2 Å². The fraction of sp³-hybridized carbons (Fsp3) is 0.333. The molecule has 2 aromatic rings. The number of amides is 1. The van der Waals surface area contributed by atoms with E-state index in [4.69, 9.17) is 0 Å². The zero-order valence-electron chi connectivity index (χ0n) is 13.2. The third kappa shape index (κ3) is 3.50. The lowest BCUT2D eigenvalue weighted by molar-refractivity contribution is 0.0694. The molecule has 0 saturated heterocycles. The third-order valence-electron chi connectivity index (χ3n) is 3.83. The van der Waals surface area contributed by atoms with Crippen LogP contribution in [0.5, 0.6) is 0 Å². The molecule has 22 heavy (non-hydrogen) atoms. The van der Waals surface area contributed by atoms with Crippen molar-refractivity contribution < 1.29 is 9.18 Å². The van der Waals surface area contributed by atoms with Gasteiger partial charge in [0.05, 0.1) is 5.69 Å². The van der Waals surface area contributed by atoms with Gasteiger partial charge < -0.3 is 4.90 Å². The van der Waals surface area contributed by atoms with Crippen LogP contribution in [0.25, 0.3) is 11.3 Å². The van der Waals surface area contributed by atoms with Crippen LogP contribution in [0.4, 0.5) is 4.39 Å². The minimum atomic E-state index is -0.287. The maximum Gasteiger partial charge on any atom is 0.272 e. The number of rotatable bonds is 5. The van der Waals surface area contributed by atoms with Crippen molar-refractivity contribution in [3.8, 4) is 11.3 Å². The van der Waals surface area contributed by atoms with Crippen molar-refractivity contribution in [1.29, 1.82) is 0 Å². The monoisotopic (exact) mass is 300 g/mol. The highest BCUT2D eigenvalue weighted by Crippen LogP contribution is 2.18. The number of hydrogen-bond donors (Lipinski definition) is 0. The molecule has 0 saturated carbocycles. The molecule has 0 aliphatic rings. The van der Waals surface area contributed by atoms with Crippen molar-refractivity contribution in [3.63, 3.8) is 0 Å². The Hall–Kier alpha value is -2.23. The minimum Gasteiger partial charge on any atom is -0.335 e. The summed E-state index contributed by atoms with van der Waals surface area (Å²) in [4.78, 5) is 18.9. The molecule has 0 fully saturated rings. The summed E-state index contributed by atoms with van der Waals surface area (Å²) in [5, 5.41) is 0. The second-order valence-corrected chi connectivity index (χ2v) is 5.26. The van der Waals surface area contributed by atoms with E-state index in [0.29, 0.717) is 17.9 Å². The van der Waals surface area contributed by atoms with Crippen LogP contribution in [0.1, 0.15) is 37.7 Å². The van der Waals surface area contributed by atoms with Gasteiger partial charge in [-0.3, -0.25) is 4.79 Å². The van der Waals surface area contributed by atoms with Crippen LogP contribution in [0, 0.1) is 5.82 Å². The Balaban J connectivity index is 2.31. The Morgan fingerprint density at radius 3 is 2.45 bits per heavy atom. The summed E-state index contributed by atoms with van der Waals surface area (Å²) in [6.07, 6.45) is 0.900. The zero-order valence-corrected chi connectivity index (χ0v) is 13.2. The molecule has 3 nitrogen and oxygen atoms in total. The first-order chi connectivity index (χ1) is 10.6. The van der Waals surface area contributed by atoms with Crippen molar-refractivity contribution in [3.05, 3.63) is 54.0 Å². The van der Waals surface area contributed by atoms with Crippen molar-refractivity contribution in [1.82, 2.24) is 9.88 Å². The van der Waals surface area contributed by atoms with Crippen LogP contribution >= 0.6 is 0 Å². The number of nitrogens with zero attached hydrogens (tertiary/aromatic N) is 2. The second kappa shape index (κ2) is 7.16. The molecule has 1 amide bonds. The fourth-order valence-corrected chi connectivity index (χ4v) is 2.36. The second-order valence-electron chi connectivity index (χ2n) is 5.26. The Bertz CT molecular complexity index is 640. The molecule has 4 heteroatoms. The third-order valence-corrected chi connectivity index (χ3v) is 3.83. The predicted octanol–water partition coefficient (Wildman–Crippen LogP) is 4.15. The van der Waals surface area contributed by atoms with Gasteiger partial charge in [0.1, 0.15) is 11.5 Å². The van der Waals surface area contributed by atoms with Gasteiger partial charge in [0.15, 0.2) is 0 Å². The smallest absolute Gasteiger partial charge is 0.272 e. The van der Waals surface area contributed by atoms with Crippen molar-refractivity contribution in [2.45, 2.75) is 33.2 Å². The van der Waals surface area contributed by atoms with Gasteiger partial charge in [-0.25, -0.2) is 9.37 Å². The lowest BCUT2D eigenvalue weighted by Crippen LogP contribution is -2.38. The van der Waals surface area contributed by atoms with Gasteiger partial charge in [-0.05, 0) is 56.7 Å². The molecule has 0 unspecified atom stereocenters. The number of aromatic nitrogens is 1. The molecule has 0 bridgehead atoms. The average Bonchev–Trinajstić information content (AvgIpc) is 2.56. The van der Waals surface area contributed by atoms with E-state index >= 15 is 0 Å². The van der Waals surface area contributed by atoms with E-state index < -0.39 is 0 Å². The van der Waals surface area contributed by atoms with Gasteiger partial charge in [0.25, 0.3) is 5.91 Å². The maximum atomic E-state index is 13.0. The summed E-state index contributed by atoms with van der Waals surface area (Å²) in [6, 6.07) is 11.6. The van der Waals surface area contributed by atoms with Gasteiger partial charge in [0, 0.05) is 18.2 Å². The largest absolute Gasteiger partial charge is 0.335 e. The number of benzene rings is 1. The van der Waals surface area contributed by atoms with E-state index in [1.807, 2.05) is 30.9 Å². The molecule has 1 atom stereocenters. The molecule has 1 aromatic carbocycles. The van der Waals surface area contributed by atoms with E-state index in [2.05, 4.69) is 11.9 Å². The summed E-state index contributed by atoms with van der Waals surface area (Å²) < 4.78 is 13.0.